The topological polar surface area (TPSA) is 17.8 Å². The van der Waals surface area contributed by atoms with Crippen molar-refractivity contribution in [1.29, 1.82) is 0 Å². The Balaban J connectivity index is 2.38. The molecule has 0 fully saturated rings. The lowest BCUT2D eigenvalue weighted by Crippen LogP contribution is -2.04. The van der Waals surface area contributed by atoms with E-state index in [0.29, 0.717) is 5.92 Å². The van der Waals surface area contributed by atoms with Crippen molar-refractivity contribution in [2.24, 2.45) is 0 Å². The lowest BCUT2D eigenvalue weighted by Gasteiger charge is -2.09. The Bertz CT molecular complexity index is 251. The molecular formula is C12H22N2. The first-order valence-corrected chi connectivity index (χ1v) is 5.76. The molecule has 0 radical (unpaired) electrons. The number of rotatable bonds is 6. The van der Waals surface area contributed by atoms with Crippen molar-refractivity contribution < 1.29 is 0 Å². The second-order valence-corrected chi connectivity index (χ2v) is 4.19. The van der Waals surface area contributed by atoms with E-state index in [1.54, 1.807) is 0 Å². The van der Waals surface area contributed by atoms with E-state index in [1.807, 2.05) is 6.20 Å². The SMILES string of the molecule is CCCCCCn1ccnc1C(C)C. The van der Waals surface area contributed by atoms with Gasteiger partial charge in [0.05, 0.1) is 0 Å². The average molecular weight is 194 g/mol. The molecule has 0 bridgehead atoms. The summed E-state index contributed by atoms with van der Waals surface area (Å²) in [5.41, 5.74) is 0. The summed E-state index contributed by atoms with van der Waals surface area (Å²) in [6, 6.07) is 0. The van der Waals surface area contributed by atoms with Crippen molar-refractivity contribution in [3.8, 4) is 0 Å². The maximum Gasteiger partial charge on any atom is 0.111 e. The third-order valence-corrected chi connectivity index (χ3v) is 2.52. The molecule has 0 saturated carbocycles. The Labute approximate surface area is 87.4 Å². The lowest BCUT2D eigenvalue weighted by molar-refractivity contribution is 0.553. The summed E-state index contributed by atoms with van der Waals surface area (Å²) < 4.78 is 2.29. The summed E-state index contributed by atoms with van der Waals surface area (Å²) in [5, 5.41) is 0. The zero-order valence-corrected chi connectivity index (χ0v) is 9.66. The molecular weight excluding hydrogens is 172 g/mol. The second kappa shape index (κ2) is 5.84. The van der Waals surface area contributed by atoms with Crippen molar-refractivity contribution in [2.75, 3.05) is 0 Å². The predicted molar refractivity (Wildman–Crippen MR) is 60.5 cm³/mol. The van der Waals surface area contributed by atoms with Crippen LogP contribution in [0, 0.1) is 0 Å². The first-order valence-electron chi connectivity index (χ1n) is 5.76. The molecule has 2 heteroatoms. The van der Waals surface area contributed by atoms with Crippen LogP contribution in [0.25, 0.3) is 0 Å². The summed E-state index contributed by atoms with van der Waals surface area (Å²) in [5.74, 6) is 1.76. The van der Waals surface area contributed by atoms with Gasteiger partial charge in [-0.2, -0.15) is 0 Å². The monoisotopic (exact) mass is 194 g/mol. The zero-order chi connectivity index (χ0) is 10.4. The van der Waals surface area contributed by atoms with Crippen LogP contribution in [0.5, 0.6) is 0 Å². The molecule has 0 aliphatic heterocycles. The van der Waals surface area contributed by atoms with Gasteiger partial charge in [-0.25, -0.2) is 4.98 Å². The highest BCUT2D eigenvalue weighted by atomic mass is 15.1. The normalized spacial score (nSPS) is 11.1. The van der Waals surface area contributed by atoms with Gasteiger partial charge in [-0.3, -0.25) is 0 Å². The standard InChI is InChI=1S/C12H22N2/c1-4-5-6-7-9-14-10-8-13-12(14)11(2)3/h8,10-11H,4-7,9H2,1-3H3. The lowest BCUT2D eigenvalue weighted by atomic mass is 10.2. The van der Waals surface area contributed by atoms with Gasteiger partial charge in [0.15, 0.2) is 0 Å². The van der Waals surface area contributed by atoms with E-state index in [-0.39, 0.29) is 0 Å². The second-order valence-electron chi connectivity index (χ2n) is 4.19. The molecule has 0 aliphatic carbocycles. The van der Waals surface area contributed by atoms with Gasteiger partial charge in [0.2, 0.25) is 0 Å². The first-order chi connectivity index (χ1) is 6.75. The minimum atomic E-state index is 0.538. The van der Waals surface area contributed by atoms with Crippen LogP contribution in [0.15, 0.2) is 12.4 Å². The highest BCUT2D eigenvalue weighted by molar-refractivity contribution is 4.97. The molecule has 0 aromatic carbocycles. The quantitative estimate of drug-likeness (QED) is 0.633. The number of hydrogen-bond acceptors (Lipinski definition) is 1. The maximum atomic E-state index is 4.38. The molecule has 0 aliphatic rings. The first kappa shape index (κ1) is 11.3. The van der Waals surface area contributed by atoms with Gasteiger partial charge in [-0.15, -0.1) is 0 Å². The van der Waals surface area contributed by atoms with Crippen molar-refractivity contribution in [3.05, 3.63) is 18.2 Å². The molecule has 1 aromatic heterocycles. The summed E-state index contributed by atoms with van der Waals surface area (Å²) in [6.45, 7) is 7.78. The molecule has 0 amide bonds. The summed E-state index contributed by atoms with van der Waals surface area (Å²) >= 11 is 0. The number of nitrogens with zero attached hydrogens (tertiary/aromatic N) is 2. The van der Waals surface area contributed by atoms with Crippen LogP contribution in [-0.4, -0.2) is 9.55 Å². The Morgan fingerprint density at radius 1 is 1.29 bits per heavy atom. The molecule has 1 heterocycles. The predicted octanol–water partition coefficient (Wildman–Crippen LogP) is 3.59. The van der Waals surface area contributed by atoms with Crippen molar-refractivity contribution >= 4 is 0 Å². The van der Waals surface area contributed by atoms with E-state index >= 15 is 0 Å². The van der Waals surface area contributed by atoms with Crippen molar-refractivity contribution in [3.63, 3.8) is 0 Å². The minimum absolute atomic E-state index is 0.538. The van der Waals surface area contributed by atoms with Gasteiger partial charge < -0.3 is 4.57 Å². The van der Waals surface area contributed by atoms with Crippen LogP contribution in [0.1, 0.15) is 58.2 Å². The van der Waals surface area contributed by atoms with Crippen LogP contribution in [0.4, 0.5) is 0 Å². The molecule has 1 rings (SSSR count). The Morgan fingerprint density at radius 2 is 2.07 bits per heavy atom. The molecule has 0 unspecified atom stereocenters. The number of hydrogen-bond donors (Lipinski definition) is 0. The number of imidazole rings is 1. The van der Waals surface area contributed by atoms with E-state index in [9.17, 15) is 0 Å². The average Bonchev–Trinajstić information content (AvgIpc) is 2.60. The molecule has 1 aromatic rings. The smallest absolute Gasteiger partial charge is 0.111 e. The van der Waals surface area contributed by atoms with Crippen LogP contribution in [-0.2, 0) is 6.54 Å². The van der Waals surface area contributed by atoms with E-state index in [1.165, 1.54) is 31.5 Å². The Morgan fingerprint density at radius 3 is 2.71 bits per heavy atom. The van der Waals surface area contributed by atoms with Crippen LogP contribution >= 0.6 is 0 Å². The van der Waals surface area contributed by atoms with Crippen molar-refractivity contribution in [1.82, 2.24) is 9.55 Å². The van der Waals surface area contributed by atoms with Crippen LogP contribution in [0.2, 0.25) is 0 Å². The summed E-state index contributed by atoms with van der Waals surface area (Å²) in [6.07, 6.45) is 9.29. The summed E-state index contributed by atoms with van der Waals surface area (Å²) in [7, 11) is 0. The van der Waals surface area contributed by atoms with Crippen LogP contribution < -0.4 is 0 Å². The number of aryl methyl sites for hydroxylation is 1. The third kappa shape index (κ3) is 3.17. The molecule has 80 valence electrons. The number of unbranched alkanes of at least 4 members (excludes halogenated alkanes) is 3. The fourth-order valence-corrected chi connectivity index (χ4v) is 1.72. The van der Waals surface area contributed by atoms with Gasteiger partial charge in [0.25, 0.3) is 0 Å². The highest BCUT2D eigenvalue weighted by Gasteiger charge is 2.05. The molecule has 0 N–H and O–H groups in total. The van der Waals surface area contributed by atoms with Gasteiger partial charge in [-0.05, 0) is 6.42 Å². The Hall–Kier alpha value is -0.790. The van der Waals surface area contributed by atoms with E-state index in [0.717, 1.165) is 6.54 Å². The van der Waals surface area contributed by atoms with E-state index in [2.05, 4.69) is 36.5 Å². The Kier molecular flexibility index (Phi) is 4.71. The minimum Gasteiger partial charge on any atom is -0.335 e. The highest BCUT2D eigenvalue weighted by Crippen LogP contribution is 2.12. The van der Waals surface area contributed by atoms with Gasteiger partial charge in [0, 0.05) is 24.9 Å². The van der Waals surface area contributed by atoms with Gasteiger partial charge in [0.1, 0.15) is 5.82 Å². The molecule has 0 saturated heterocycles. The van der Waals surface area contributed by atoms with Crippen LogP contribution in [0.3, 0.4) is 0 Å². The molecule has 0 atom stereocenters. The van der Waals surface area contributed by atoms with E-state index < -0.39 is 0 Å². The maximum absolute atomic E-state index is 4.38. The van der Waals surface area contributed by atoms with Gasteiger partial charge >= 0.3 is 0 Å². The van der Waals surface area contributed by atoms with E-state index in [4.69, 9.17) is 0 Å². The zero-order valence-electron chi connectivity index (χ0n) is 9.66. The fraction of sp³-hybridized carbons (Fsp3) is 0.750. The summed E-state index contributed by atoms with van der Waals surface area (Å²) in [4.78, 5) is 4.38. The molecule has 14 heavy (non-hydrogen) atoms. The fourth-order valence-electron chi connectivity index (χ4n) is 1.72. The van der Waals surface area contributed by atoms with Crippen molar-refractivity contribution in [2.45, 2.75) is 58.9 Å². The molecule has 2 nitrogen and oxygen atoms in total. The molecule has 0 spiro atoms. The van der Waals surface area contributed by atoms with Gasteiger partial charge in [-0.1, -0.05) is 40.0 Å². The number of aromatic nitrogens is 2. The third-order valence-electron chi connectivity index (χ3n) is 2.52. The largest absolute Gasteiger partial charge is 0.335 e.